The molecule has 0 saturated heterocycles. The van der Waals surface area contributed by atoms with Crippen LogP contribution < -0.4 is 5.32 Å². The molecular formula is C13H13N3O2. The lowest BCUT2D eigenvalue weighted by atomic mass is 10.1. The summed E-state index contributed by atoms with van der Waals surface area (Å²) in [6.07, 6.45) is 0. The Morgan fingerprint density at radius 3 is 2.39 bits per heavy atom. The van der Waals surface area contributed by atoms with Gasteiger partial charge in [-0.25, -0.2) is 0 Å². The largest absolute Gasteiger partial charge is 0.302 e. The molecule has 0 unspecified atom stereocenters. The van der Waals surface area contributed by atoms with Crippen LogP contribution >= 0.6 is 0 Å². The zero-order valence-corrected chi connectivity index (χ0v) is 10.2. The van der Waals surface area contributed by atoms with Crippen molar-refractivity contribution in [3.8, 4) is 0 Å². The minimum Gasteiger partial charge on any atom is -0.302 e. The average Bonchev–Trinajstić information content (AvgIpc) is 2.75. The van der Waals surface area contributed by atoms with Crippen LogP contribution in [0.1, 0.15) is 21.6 Å². The quantitative estimate of drug-likeness (QED) is 0.638. The number of hydrogen-bond acceptors (Lipinski definition) is 3. The first kappa shape index (κ1) is 12.0. The van der Waals surface area contributed by atoms with Gasteiger partial charge in [-0.1, -0.05) is 29.8 Å². The van der Waals surface area contributed by atoms with Crippen LogP contribution in [0, 0.1) is 13.8 Å². The van der Waals surface area contributed by atoms with Crippen molar-refractivity contribution >= 4 is 17.5 Å². The smallest absolute Gasteiger partial charge is 0.297 e. The molecule has 1 amide bonds. The molecule has 2 aromatic rings. The Bertz CT molecular complexity index is 585. The fraction of sp³-hybridized carbons (Fsp3) is 0.154. The van der Waals surface area contributed by atoms with Crippen molar-refractivity contribution in [2.45, 2.75) is 13.8 Å². The van der Waals surface area contributed by atoms with Crippen LogP contribution in [0.15, 0.2) is 30.3 Å². The molecule has 0 atom stereocenters. The molecule has 5 heteroatoms. The number of amides is 1. The van der Waals surface area contributed by atoms with Gasteiger partial charge in [0.05, 0.1) is 0 Å². The van der Waals surface area contributed by atoms with E-state index in [1.54, 1.807) is 30.3 Å². The Balaban J connectivity index is 2.09. The molecule has 0 saturated carbocycles. The molecule has 0 aliphatic carbocycles. The number of aromatic amines is 1. The molecule has 0 bridgehead atoms. The van der Waals surface area contributed by atoms with Gasteiger partial charge in [-0.3, -0.25) is 14.7 Å². The van der Waals surface area contributed by atoms with Crippen molar-refractivity contribution in [3.05, 3.63) is 47.2 Å². The van der Waals surface area contributed by atoms with E-state index >= 15 is 0 Å². The Labute approximate surface area is 104 Å². The number of carbonyl (C=O) groups excluding carboxylic acids is 2. The number of H-pyrrole nitrogens is 1. The lowest BCUT2D eigenvalue weighted by Crippen LogP contribution is -2.23. The fourth-order valence-corrected chi connectivity index (χ4v) is 1.49. The van der Waals surface area contributed by atoms with Gasteiger partial charge < -0.3 is 5.32 Å². The number of anilines is 1. The number of nitrogens with one attached hydrogen (secondary N) is 2. The molecule has 2 N–H and O–H groups in total. The van der Waals surface area contributed by atoms with Gasteiger partial charge in [0.1, 0.15) is 0 Å². The van der Waals surface area contributed by atoms with Crippen LogP contribution in [0.3, 0.4) is 0 Å². The highest BCUT2D eigenvalue weighted by molar-refractivity contribution is 6.46. The van der Waals surface area contributed by atoms with Gasteiger partial charge in [0.2, 0.25) is 0 Å². The summed E-state index contributed by atoms with van der Waals surface area (Å²) in [4.78, 5) is 23.5. The second-order valence-corrected chi connectivity index (χ2v) is 4.09. The third kappa shape index (κ3) is 2.63. The highest BCUT2D eigenvalue weighted by Gasteiger charge is 2.16. The summed E-state index contributed by atoms with van der Waals surface area (Å²) in [6, 6.07) is 8.50. The predicted molar refractivity (Wildman–Crippen MR) is 67.5 cm³/mol. The first-order valence-corrected chi connectivity index (χ1v) is 5.50. The summed E-state index contributed by atoms with van der Waals surface area (Å²) in [5.74, 6) is -0.918. The molecule has 1 aromatic heterocycles. The maximum atomic E-state index is 11.8. The van der Waals surface area contributed by atoms with Crippen LogP contribution in [0.5, 0.6) is 0 Å². The summed E-state index contributed by atoms with van der Waals surface area (Å²) in [5.41, 5.74) is 2.22. The maximum Gasteiger partial charge on any atom is 0.297 e. The van der Waals surface area contributed by atoms with Gasteiger partial charge in [-0.15, -0.1) is 0 Å². The van der Waals surface area contributed by atoms with E-state index in [1.807, 2.05) is 13.8 Å². The molecule has 92 valence electrons. The highest BCUT2D eigenvalue weighted by atomic mass is 16.2. The maximum absolute atomic E-state index is 11.8. The zero-order valence-electron chi connectivity index (χ0n) is 10.2. The molecule has 1 heterocycles. The van der Waals surface area contributed by atoms with E-state index in [0.717, 1.165) is 11.3 Å². The summed E-state index contributed by atoms with van der Waals surface area (Å²) >= 11 is 0. The second kappa shape index (κ2) is 4.83. The fourth-order valence-electron chi connectivity index (χ4n) is 1.49. The molecule has 18 heavy (non-hydrogen) atoms. The number of hydrogen-bond donors (Lipinski definition) is 2. The average molecular weight is 243 g/mol. The Hall–Kier alpha value is -2.43. The lowest BCUT2D eigenvalue weighted by molar-refractivity contribution is -0.112. The normalized spacial score (nSPS) is 10.1. The van der Waals surface area contributed by atoms with Gasteiger partial charge in [0.25, 0.3) is 11.7 Å². The molecule has 0 aliphatic rings. The van der Waals surface area contributed by atoms with Crippen molar-refractivity contribution < 1.29 is 9.59 Å². The second-order valence-electron chi connectivity index (χ2n) is 4.09. The van der Waals surface area contributed by atoms with Crippen LogP contribution in [0.2, 0.25) is 0 Å². The third-order valence-corrected chi connectivity index (χ3v) is 2.47. The molecular weight excluding hydrogens is 230 g/mol. The molecule has 2 rings (SSSR count). The molecule has 1 aromatic carbocycles. The lowest BCUT2D eigenvalue weighted by Gasteiger charge is -2.01. The number of Topliss-reactive ketones (excluding diaryl/α,β-unsaturated/α-hetero) is 1. The van der Waals surface area contributed by atoms with Crippen molar-refractivity contribution in [2.75, 3.05) is 5.32 Å². The van der Waals surface area contributed by atoms with E-state index in [4.69, 9.17) is 0 Å². The Morgan fingerprint density at radius 2 is 1.83 bits per heavy atom. The van der Waals surface area contributed by atoms with Crippen molar-refractivity contribution in [2.24, 2.45) is 0 Å². The number of benzene rings is 1. The minimum atomic E-state index is -0.689. The van der Waals surface area contributed by atoms with E-state index in [-0.39, 0.29) is 0 Å². The van der Waals surface area contributed by atoms with Crippen molar-refractivity contribution in [3.63, 3.8) is 0 Å². The van der Waals surface area contributed by atoms with Crippen molar-refractivity contribution in [1.82, 2.24) is 10.2 Å². The number of nitrogens with zero attached hydrogens (tertiary/aromatic N) is 1. The van der Waals surface area contributed by atoms with Gasteiger partial charge in [-0.05, 0) is 13.8 Å². The Kier molecular flexibility index (Phi) is 3.23. The van der Waals surface area contributed by atoms with E-state index < -0.39 is 11.7 Å². The van der Waals surface area contributed by atoms with E-state index in [0.29, 0.717) is 11.4 Å². The summed E-state index contributed by atoms with van der Waals surface area (Å²) in [5, 5.41) is 8.97. The summed E-state index contributed by atoms with van der Waals surface area (Å²) in [7, 11) is 0. The van der Waals surface area contributed by atoms with Gasteiger partial charge in [-0.2, -0.15) is 5.10 Å². The molecule has 0 radical (unpaired) electrons. The van der Waals surface area contributed by atoms with Gasteiger partial charge in [0.15, 0.2) is 5.82 Å². The number of rotatable bonds is 3. The van der Waals surface area contributed by atoms with Gasteiger partial charge >= 0.3 is 0 Å². The minimum absolute atomic E-state index is 0.345. The number of ketones is 1. The van der Waals surface area contributed by atoms with E-state index in [2.05, 4.69) is 15.5 Å². The van der Waals surface area contributed by atoms with Crippen molar-refractivity contribution in [1.29, 1.82) is 0 Å². The predicted octanol–water partition coefficient (Wildman–Crippen LogP) is 1.85. The Morgan fingerprint density at radius 1 is 1.17 bits per heavy atom. The van der Waals surface area contributed by atoms with E-state index in [9.17, 15) is 9.59 Å². The monoisotopic (exact) mass is 243 g/mol. The standard InChI is InChI=1S/C13H13N3O2/c1-8-3-5-10(6-4-8)12(17)13(18)14-11-7-9(2)15-16-11/h3-7H,1-2H3,(H2,14,15,16,18). The van der Waals surface area contributed by atoms with Crippen LogP contribution in [0.4, 0.5) is 5.82 Å². The van der Waals surface area contributed by atoms with E-state index in [1.165, 1.54) is 0 Å². The van der Waals surface area contributed by atoms with Crippen LogP contribution in [-0.4, -0.2) is 21.9 Å². The molecule has 0 fully saturated rings. The van der Waals surface area contributed by atoms with Gasteiger partial charge in [0, 0.05) is 17.3 Å². The number of carbonyl (C=O) groups is 2. The topological polar surface area (TPSA) is 74.8 Å². The first-order valence-electron chi connectivity index (χ1n) is 5.50. The summed E-state index contributed by atoms with van der Waals surface area (Å²) in [6.45, 7) is 3.73. The number of aromatic nitrogens is 2. The number of aryl methyl sites for hydroxylation is 2. The van der Waals surface area contributed by atoms with Crippen LogP contribution in [-0.2, 0) is 4.79 Å². The third-order valence-electron chi connectivity index (χ3n) is 2.47. The first-order chi connectivity index (χ1) is 8.56. The molecule has 0 aliphatic heterocycles. The SMILES string of the molecule is Cc1ccc(C(=O)C(=O)Nc2cc(C)[nH]n2)cc1. The van der Waals surface area contributed by atoms with Crippen LogP contribution in [0.25, 0.3) is 0 Å². The zero-order chi connectivity index (χ0) is 13.1. The molecule has 0 spiro atoms. The summed E-state index contributed by atoms with van der Waals surface area (Å²) < 4.78 is 0. The highest BCUT2D eigenvalue weighted by Crippen LogP contribution is 2.07. The molecule has 5 nitrogen and oxygen atoms in total.